The second-order valence-electron chi connectivity index (χ2n) is 2.97. The van der Waals surface area contributed by atoms with Crippen molar-refractivity contribution in [2.45, 2.75) is 11.3 Å². The molecule has 2 N–H and O–H groups in total. The van der Waals surface area contributed by atoms with Crippen molar-refractivity contribution in [2.75, 3.05) is 13.7 Å². The first-order valence-electron chi connectivity index (χ1n) is 4.27. The summed E-state index contributed by atoms with van der Waals surface area (Å²) in [6, 6.07) is 4.21. The van der Waals surface area contributed by atoms with Gasteiger partial charge in [0.25, 0.3) is 0 Å². The van der Waals surface area contributed by atoms with E-state index in [-0.39, 0.29) is 17.9 Å². The largest absolute Gasteiger partial charge is 0.496 e. The number of hydrogen-bond donors (Lipinski definition) is 1. The van der Waals surface area contributed by atoms with Crippen molar-refractivity contribution >= 4 is 10.0 Å². The highest BCUT2D eigenvalue weighted by molar-refractivity contribution is 7.89. The van der Waals surface area contributed by atoms with E-state index in [1.807, 2.05) is 0 Å². The number of nitrogens with two attached hydrogens (primary N) is 1. The van der Waals surface area contributed by atoms with Gasteiger partial charge >= 0.3 is 0 Å². The molecule has 0 saturated heterocycles. The lowest BCUT2D eigenvalue weighted by Gasteiger charge is -2.08. The standard InChI is InChI=1S/C9H12NO4S/c1-14-9-3-2-8(15(10,12)13)6-7(9)4-5-11/h2-3,6H,4-5H2,1H3,(H2,10,12,13). The normalized spacial score (nSPS) is 11.4. The van der Waals surface area contributed by atoms with E-state index in [0.717, 1.165) is 0 Å². The van der Waals surface area contributed by atoms with Crippen molar-refractivity contribution < 1.29 is 18.3 Å². The quantitative estimate of drug-likeness (QED) is 0.807. The fourth-order valence-corrected chi connectivity index (χ4v) is 1.80. The van der Waals surface area contributed by atoms with Crippen LogP contribution in [0.25, 0.3) is 0 Å². The number of rotatable bonds is 4. The lowest BCUT2D eigenvalue weighted by Crippen LogP contribution is -2.12. The summed E-state index contributed by atoms with van der Waals surface area (Å²) in [5.41, 5.74) is 0.555. The average molecular weight is 230 g/mol. The van der Waals surface area contributed by atoms with Crippen molar-refractivity contribution in [1.29, 1.82) is 0 Å². The molecule has 83 valence electrons. The summed E-state index contributed by atoms with van der Waals surface area (Å²) in [6.07, 6.45) is 0.215. The van der Waals surface area contributed by atoms with Crippen LogP contribution in [0.15, 0.2) is 23.1 Å². The summed E-state index contributed by atoms with van der Waals surface area (Å²) in [6.45, 7) is -0.329. The summed E-state index contributed by atoms with van der Waals surface area (Å²) in [5, 5.41) is 15.5. The average Bonchev–Trinajstić information content (AvgIpc) is 2.17. The molecule has 0 amide bonds. The van der Waals surface area contributed by atoms with Crippen LogP contribution in [0.4, 0.5) is 0 Å². The highest BCUT2D eigenvalue weighted by atomic mass is 32.2. The molecular formula is C9H12NO4S. The Bertz CT molecular complexity index is 441. The Labute approximate surface area is 88.5 Å². The molecule has 0 aliphatic rings. The molecule has 0 bridgehead atoms. The Morgan fingerprint density at radius 2 is 2.07 bits per heavy atom. The van der Waals surface area contributed by atoms with Gasteiger partial charge < -0.3 is 4.74 Å². The first-order valence-corrected chi connectivity index (χ1v) is 5.81. The zero-order valence-electron chi connectivity index (χ0n) is 8.26. The molecule has 0 aliphatic carbocycles. The lowest BCUT2D eigenvalue weighted by atomic mass is 10.1. The fraction of sp³-hybridized carbons (Fsp3) is 0.333. The summed E-state index contributed by atoms with van der Waals surface area (Å²) in [4.78, 5) is -0.00764. The van der Waals surface area contributed by atoms with Gasteiger partial charge in [-0.1, -0.05) is 0 Å². The highest BCUT2D eigenvalue weighted by Crippen LogP contribution is 2.22. The molecule has 0 aliphatic heterocycles. The van der Waals surface area contributed by atoms with Gasteiger partial charge in [-0.15, -0.1) is 0 Å². The molecule has 0 spiro atoms. The molecule has 0 atom stereocenters. The Balaban J connectivity index is 3.22. The molecule has 15 heavy (non-hydrogen) atoms. The second-order valence-corrected chi connectivity index (χ2v) is 4.53. The molecule has 1 rings (SSSR count). The lowest BCUT2D eigenvalue weighted by molar-refractivity contribution is 0.196. The molecule has 1 radical (unpaired) electrons. The van der Waals surface area contributed by atoms with Crippen LogP contribution in [0.2, 0.25) is 0 Å². The van der Waals surface area contributed by atoms with E-state index in [4.69, 9.17) is 9.88 Å². The maximum absolute atomic E-state index is 11.0. The molecular weight excluding hydrogens is 218 g/mol. The van der Waals surface area contributed by atoms with Crippen molar-refractivity contribution in [1.82, 2.24) is 0 Å². The van der Waals surface area contributed by atoms with Crippen LogP contribution < -0.4 is 9.88 Å². The van der Waals surface area contributed by atoms with E-state index < -0.39 is 10.0 Å². The SMILES string of the molecule is COc1ccc(S(N)(=O)=O)cc1CC[O]. The van der Waals surface area contributed by atoms with Gasteiger partial charge in [-0.05, 0) is 23.8 Å². The van der Waals surface area contributed by atoms with Crippen LogP contribution in [-0.4, -0.2) is 22.1 Å². The molecule has 5 nitrogen and oxygen atoms in total. The predicted octanol–water partition coefficient (Wildman–Crippen LogP) is 0.316. The number of primary sulfonamides is 1. The fourth-order valence-electron chi connectivity index (χ4n) is 1.24. The van der Waals surface area contributed by atoms with Gasteiger partial charge in [-0.25, -0.2) is 18.7 Å². The minimum absolute atomic E-state index is 0.00764. The van der Waals surface area contributed by atoms with Crippen LogP contribution >= 0.6 is 0 Å². The van der Waals surface area contributed by atoms with Gasteiger partial charge in [0.05, 0.1) is 18.6 Å². The summed E-state index contributed by atoms with van der Waals surface area (Å²) < 4.78 is 27.1. The molecule has 1 aromatic rings. The van der Waals surface area contributed by atoms with Gasteiger partial charge in [-0.3, -0.25) is 0 Å². The van der Waals surface area contributed by atoms with Gasteiger partial charge in [0.15, 0.2) is 0 Å². The highest BCUT2D eigenvalue weighted by Gasteiger charge is 2.11. The molecule has 0 saturated carbocycles. The molecule has 6 heteroatoms. The van der Waals surface area contributed by atoms with E-state index in [1.54, 1.807) is 0 Å². The maximum atomic E-state index is 11.0. The summed E-state index contributed by atoms with van der Waals surface area (Å²) in [7, 11) is -2.27. The molecule has 0 fully saturated rings. The first-order chi connectivity index (χ1) is 6.99. The monoisotopic (exact) mass is 230 g/mol. The number of methoxy groups -OCH3 is 1. The van der Waals surface area contributed by atoms with Crippen molar-refractivity contribution in [3.8, 4) is 5.75 Å². The third-order valence-electron chi connectivity index (χ3n) is 1.95. The summed E-state index contributed by atoms with van der Waals surface area (Å²) >= 11 is 0. The van der Waals surface area contributed by atoms with E-state index in [2.05, 4.69) is 0 Å². The third-order valence-corrected chi connectivity index (χ3v) is 2.86. The Morgan fingerprint density at radius 1 is 1.40 bits per heavy atom. The molecule has 1 aromatic carbocycles. The van der Waals surface area contributed by atoms with Crippen molar-refractivity contribution in [3.63, 3.8) is 0 Å². The van der Waals surface area contributed by atoms with Gasteiger partial charge in [0, 0.05) is 6.42 Å². The minimum atomic E-state index is -3.73. The van der Waals surface area contributed by atoms with Crippen LogP contribution in [0.1, 0.15) is 5.56 Å². The van der Waals surface area contributed by atoms with Crippen LogP contribution in [-0.2, 0) is 21.6 Å². The number of benzene rings is 1. The van der Waals surface area contributed by atoms with E-state index in [0.29, 0.717) is 11.3 Å². The van der Waals surface area contributed by atoms with E-state index in [9.17, 15) is 13.5 Å². The number of hydrogen-bond acceptors (Lipinski definition) is 3. The zero-order valence-corrected chi connectivity index (χ0v) is 9.08. The molecule has 0 unspecified atom stereocenters. The van der Waals surface area contributed by atoms with Gasteiger partial charge in [-0.2, -0.15) is 0 Å². The zero-order chi connectivity index (χ0) is 11.5. The smallest absolute Gasteiger partial charge is 0.238 e. The summed E-state index contributed by atoms with van der Waals surface area (Å²) in [5.74, 6) is 0.498. The van der Waals surface area contributed by atoms with Crippen molar-refractivity contribution in [2.24, 2.45) is 5.14 Å². The van der Waals surface area contributed by atoms with Crippen LogP contribution in [0.5, 0.6) is 5.75 Å². The molecule has 0 heterocycles. The van der Waals surface area contributed by atoms with E-state index >= 15 is 0 Å². The number of ether oxygens (including phenoxy) is 1. The topological polar surface area (TPSA) is 89.3 Å². The maximum Gasteiger partial charge on any atom is 0.238 e. The first kappa shape index (κ1) is 12.0. The van der Waals surface area contributed by atoms with E-state index in [1.165, 1.54) is 25.3 Å². The Hall–Kier alpha value is -1.11. The van der Waals surface area contributed by atoms with Crippen LogP contribution in [0, 0.1) is 0 Å². The Morgan fingerprint density at radius 3 is 2.53 bits per heavy atom. The predicted molar refractivity (Wildman–Crippen MR) is 53.6 cm³/mol. The molecule has 0 aromatic heterocycles. The van der Waals surface area contributed by atoms with Gasteiger partial charge in [0.1, 0.15) is 5.75 Å². The third kappa shape index (κ3) is 2.92. The Kier molecular flexibility index (Phi) is 3.67. The number of sulfonamides is 1. The van der Waals surface area contributed by atoms with Crippen LogP contribution in [0.3, 0.4) is 0 Å². The second kappa shape index (κ2) is 4.61. The minimum Gasteiger partial charge on any atom is -0.496 e. The van der Waals surface area contributed by atoms with Crippen molar-refractivity contribution in [3.05, 3.63) is 23.8 Å². The van der Waals surface area contributed by atoms with Gasteiger partial charge in [0.2, 0.25) is 10.0 Å².